The van der Waals surface area contributed by atoms with E-state index in [1.54, 1.807) is 11.8 Å². The minimum atomic E-state index is -4.55. The van der Waals surface area contributed by atoms with Gasteiger partial charge in [0.2, 0.25) is 11.8 Å². The summed E-state index contributed by atoms with van der Waals surface area (Å²) in [7, 11) is 0. The average Bonchev–Trinajstić information content (AvgIpc) is 3.64. The molecule has 0 amide bonds. The number of hydrogen-bond acceptors (Lipinski definition) is 11. The number of aromatic nitrogens is 5. The molecule has 6 rings (SSSR count). The van der Waals surface area contributed by atoms with Crippen molar-refractivity contribution in [2.24, 2.45) is 0 Å². The van der Waals surface area contributed by atoms with Crippen LogP contribution < -0.4 is 10.2 Å². The van der Waals surface area contributed by atoms with Crippen LogP contribution in [0.15, 0.2) is 5.03 Å². The molecule has 2 N–H and O–H groups in total. The molecule has 0 bridgehead atoms. The van der Waals surface area contributed by atoms with E-state index in [2.05, 4.69) is 22.4 Å². The van der Waals surface area contributed by atoms with E-state index in [1.807, 2.05) is 18.7 Å². The van der Waals surface area contributed by atoms with E-state index in [0.29, 0.717) is 30.0 Å². The van der Waals surface area contributed by atoms with Gasteiger partial charge < -0.3 is 34.1 Å². The zero-order valence-corrected chi connectivity index (χ0v) is 23.5. The predicted octanol–water partition coefficient (Wildman–Crippen LogP) is 3.01. The van der Waals surface area contributed by atoms with Gasteiger partial charge in [0.1, 0.15) is 23.1 Å². The monoisotopic (exact) mass is 585 g/mol. The number of rotatable bonds is 8. The molecule has 2 aromatic rings. The van der Waals surface area contributed by atoms with Crippen molar-refractivity contribution in [2.75, 3.05) is 30.0 Å². The van der Waals surface area contributed by atoms with E-state index in [1.165, 1.54) is 0 Å². The van der Waals surface area contributed by atoms with Gasteiger partial charge in [-0.2, -0.15) is 18.2 Å². The van der Waals surface area contributed by atoms with Crippen molar-refractivity contribution in [3.63, 3.8) is 0 Å². The smallest absolute Gasteiger partial charge is 0.394 e. The number of aliphatic hydroxyl groups excluding tert-OH is 1. The lowest BCUT2D eigenvalue weighted by Crippen LogP contribution is -2.37. The summed E-state index contributed by atoms with van der Waals surface area (Å²) in [6.07, 6.45) is -1.95. The standard InChI is InChI=1S/C25H34F3N7O4S/c1-4-5-13-10-14-20(34-6-7-35-17(12-34)32-33-22(35)25(26,27)28)30-23(31-21(14)40-13)29-15-11-16(37-9-8-36)19-18(15)38-24(2,3)39-19/h13,15-16,18-19,36H,4-12H2,1-3H3,(H,29,30,31)/t13?,15-,16+,18+,19-/m1/s1. The molecule has 220 valence electrons. The van der Waals surface area contributed by atoms with Gasteiger partial charge >= 0.3 is 6.18 Å². The first kappa shape index (κ1) is 27.9. The van der Waals surface area contributed by atoms with Crippen LogP contribution in [0.5, 0.6) is 0 Å². The lowest BCUT2D eigenvalue weighted by Gasteiger charge is -2.30. The summed E-state index contributed by atoms with van der Waals surface area (Å²) in [5.41, 5.74) is 1.02. The fourth-order valence-corrected chi connectivity index (χ4v) is 7.50. The van der Waals surface area contributed by atoms with Crippen molar-refractivity contribution in [3.05, 3.63) is 17.2 Å². The summed E-state index contributed by atoms with van der Waals surface area (Å²) < 4.78 is 59.6. The van der Waals surface area contributed by atoms with Crippen LogP contribution in [0.3, 0.4) is 0 Å². The maximum Gasteiger partial charge on any atom is 0.451 e. The van der Waals surface area contributed by atoms with Gasteiger partial charge in [-0.3, -0.25) is 0 Å². The normalized spacial score (nSPS) is 29.0. The van der Waals surface area contributed by atoms with Crippen molar-refractivity contribution in [2.45, 2.75) is 106 Å². The van der Waals surface area contributed by atoms with Gasteiger partial charge in [0.05, 0.1) is 31.9 Å². The molecule has 1 saturated heterocycles. The minimum absolute atomic E-state index is 0.0856. The molecule has 5 heterocycles. The van der Waals surface area contributed by atoms with Gasteiger partial charge in [0.25, 0.3) is 0 Å². The summed E-state index contributed by atoms with van der Waals surface area (Å²) in [6, 6.07) is -0.196. The van der Waals surface area contributed by atoms with Crippen LogP contribution in [0.2, 0.25) is 0 Å². The molecule has 15 heteroatoms. The number of fused-ring (bicyclic) bond motifs is 3. The summed E-state index contributed by atoms with van der Waals surface area (Å²) in [4.78, 5) is 11.8. The largest absolute Gasteiger partial charge is 0.451 e. The van der Waals surface area contributed by atoms with Gasteiger partial charge in [-0.15, -0.1) is 22.0 Å². The van der Waals surface area contributed by atoms with Crippen LogP contribution in [0.25, 0.3) is 0 Å². The van der Waals surface area contributed by atoms with Crippen LogP contribution in [0.1, 0.15) is 57.2 Å². The first-order valence-electron chi connectivity index (χ1n) is 13.7. The lowest BCUT2D eigenvalue weighted by molar-refractivity contribution is -0.167. The Kier molecular flexibility index (Phi) is 7.38. The van der Waals surface area contributed by atoms with Gasteiger partial charge in [0, 0.05) is 23.9 Å². The fourth-order valence-electron chi connectivity index (χ4n) is 6.12. The second-order valence-electron chi connectivity index (χ2n) is 11.1. The molecule has 0 spiro atoms. The van der Waals surface area contributed by atoms with E-state index >= 15 is 0 Å². The number of aliphatic hydroxyl groups is 1. The molecule has 4 aliphatic rings. The Labute approximate surface area is 234 Å². The Morgan fingerprint density at radius 3 is 2.73 bits per heavy atom. The highest BCUT2D eigenvalue weighted by Gasteiger charge is 2.55. The van der Waals surface area contributed by atoms with Gasteiger partial charge in [-0.05, 0) is 33.1 Å². The summed E-state index contributed by atoms with van der Waals surface area (Å²) >= 11 is 1.73. The predicted molar refractivity (Wildman–Crippen MR) is 139 cm³/mol. The lowest BCUT2D eigenvalue weighted by atomic mass is 10.1. The first-order valence-corrected chi connectivity index (χ1v) is 14.6. The molecular formula is C25H34F3N7O4S. The maximum absolute atomic E-state index is 13.4. The highest BCUT2D eigenvalue weighted by atomic mass is 32.2. The van der Waals surface area contributed by atoms with Crippen LogP contribution in [-0.4, -0.2) is 85.0 Å². The molecule has 0 aromatic carbocycles. The number of ether oxygens (including phenoxy) is 3. The van der Waals surface area contributed by atoms with Gasteiger partial charge in [-0.25, -0.2) is 4.98 Å². The van der Waals surface area contributed by atoms with Gasteiger partial charge in [-0.1, -0.05) is 13.3 Å². The first-order chi connectivity index (χ1) is 19.1. The van der Waals surface area contributed by atoms with E-state index in [4.69, 9.17) is 24.2 Å². The van der Waals surface area contributed by atoms with Crippen LogP contribution in [-0.2, 0) is 39.9 Å². The van der Waals surface area contributed by atoms with Crippen molar-refractivity contribution >= 4 is 23.5 Å². The minimum Gasteiger partial charge on any atom is -0.394 e. The van der Waals surface area contributed by atoms with E-state index < -0.39 is 17.8 Å². The second kappa shape index (κ2) is 10.6. The molecular weight excluding hydrogens is 551 g/mol. The third-order valence-corrected chi connectivity index (χ3v) is 9.02. The number of alkyl halides is 3. The molecule has 11 nitrogen and oxygen atoms in total. The van der Waals surface area contributed by atoms with E-state index in [9.17, 15) is 18.3 Å². The SMILES string of the molecule is CCCC1Cc2c(nc(N[C@@H]3C[C@H](OCCO)[C@H]4OC(C)(C)O[C@H]43)nc2N2CCn3c(nnc3C(F)(F)F)C2)S1. The zero-order valence-electron chi connectivity index (χ0n) is 22.6. The average molecular weight is 586 g/mol. The molecule has 2 aromatic heterocycles. The number of nitrogens with one attached hydrogen (secondary N) is 1. The molecule has 1 aliphatic carbocycles. The molecule has 0 radical (unpaired) electrons. The number of halogens is 3. The topological polar surface area (TPSA) is 120 Å². The van der Waals surface area contributed by atoms with E-state index in [0.717, 1.165) is 34.4 Å². The van der Waals surface area contributed by atoms with Crippen molar-refractivity contribution in [1.82, 2.24) is 24.7 Å². The molecule has 5 atom stereocenters. The van der Waals surface area contributed by atoms with Crippen molar-refractivity contribution < 1.29 is 32.5 Å². The molecule has 1 unspecified atom stereocenters. The third kappa shape index (κ3) is 5.26. The highest BCUT2D eigenvalue weighted by Crippen LogP contribution is 2.44. The van der Waals surface area contributed by atoms with Crippen LogP contribution in [0, 0.1) is 0 Å². The van der Waals surface area contributed by atoms with Crippen LogP contribution in [0.4, 0.5) is 24.9 Å². The molecule has 2 fully saturated rings. The van der Waals surface area contributed by atoms with E-state index in [-0.39, 0.29) is 56.5 Å². The Morgan fingerprint density at radius 2 is 1.98 bits per heavy atom. The number of hydrogen-bond donors (Lipinski definition) is 2. The Morgan fingerprint density at radius 1 is 1.18 bits per heavy atom. The third-order valence-electron chi connectivity index (χ3n) is 7.72. The zero-order chi connectivity index (χ0) is 28.2. The van der Waals surface area contributed by atoms with Crippen molar-refractivity contribution in [1.29, 1.82) is 0 Å². The quantitative estimate of drug-likeness (QED) is 0.445. The summed E-state index contributed by atoms with van der Waals surface area (Å²) in [5, 5.41) is 21.3. The Bertz CT molecular complexity index is 1250. The number of anilines is 2. The maximum atomic E-state index is 13.4. The fraction of sp³-hybridized carbons (Fsp3) is 0.760. The Hall–Kier alpha value is -2.20. The number of nitrogens with zero attached hydrogens (tertiary/aromatic N) is 6. The van der Waals surface area contributed by atoms with Gasteiger partial charge in [0.15, 0.2) is 11.6 Å². The Balaban J connectivity index is 1.28. The summed E-state index contributed by atoms with van der Waals surface area (Å²) in [6.45, 7) is 6.61. The van der Waals surface area contributed by atoms with Crippen molar-refractivity contribution in [3.8, 4) is 0 Å². The molecule has 3 aliphatic heterocycles. The molecule has 1 saturated carbocycles. The van der Waals surface area contributed by atoms with Crippen LogP contribution >= 0.6 is 11.8 Å². The summed E-state index contributed by atoms with van der Waals surface area (Å²) in [5.74, 6) is -0.332. The molecule has 40 heavy (non-hydrogen) atoms. The second-order valence-corrected chi connectivity index (χ2v) is 12.4. The highest BCUT2D eigenvalue weighted by molar-refractivity contribution is 8.00. The number of thioether (sulfide) groups is 1.